The van der Waals surface area contributed by atoms with Crippen LogP contribution in [-0.4, -0.2) is 42.5 Å². The van der Waals surface area contributed by atoms with Gasteiger partial charge in [-0.15, -0.1) is 11.6 Å². The van der Waals surface area contributed by atoms with E-state index in [0.717, 1.165) is 6.42 Å². The highest BCUT2D eigenvalue weighted by atomic mass is 35.5. The summed E-state index contributed by atoms with van der Waals surface area (Å²) in [5.41, 5.74) is 2.44. The summed E-state index contributed by atoms with van der Waals surface area (Å²) >= 11 is 5.88. The minimum absolute atomic E-state index is 0.0286. The molecule has 1 amide bonds. The number of benzene rings is 1. The smallest absolute Gasteiger partial charge is 0.223 e. The topological polar surface area (TPSA) is 29.5 Å². The number of morpholine rings is 1. The normalized spacial score (nSPS) is 19.5. The van der Waals surface area contributed by atoms with Crippen LogP contribution in [0.15, 0.2) is 24.3 Å². The molecule has 1 fully saturated rings. The van der Waals surface area contributed by atoms with Gasteiger partial charge >= 0.3 is 0 Å². The first-order valence-corrected chi connectivity index (χ1v) is 7.23. The molecule has 19 heavy (non-hydrogen) atoms. The number of alkyl halides is 1. The Morgan fingerprint density at radius 1 is 1.42 bits per heavy atom. The van der Waals surface area contributed by atoms with Crippen molar-refractivity contribution in [2.45, 2.75) is 25.8 Å². The molecule has 1 aliphatic rings. The maximum absolute atomic E-state index is 12.2. The second-order valence-corrected chi connectivity index (χ2v) is 5.26. The summed E-state index contributed by atoms with van der Waals surface area (Å²) in [6.07, 6.45) is 1.32. The van der Waals surface area contributed by atoms with Gasteiger partial charge in [0.05, 0.1) is 19.3 Å². The van der Waals surface area contributed by atoms with Crippen molar-refractivity contribution in [3.05, 3.63) is 35.4 Å². The highest BCUT2D eigenvalue weighted by Crippen LogP contribution is 2.12. The zero-order valence-corrected chi connectivity index (χ0v) is 12.0. The lowest BCUT2D eigenvalue weighted by Crippen LogP contribution is -2.49. The SMILES string of the molecule is Cc1ccc(CCC(=O)N2CCOCC2CCl)cc1. The minimum atomic E-state index is 0.0286. The number of carbonyl (C=O) groups excluding carboxylic acids is 1. The maximum atomic E-state index is 12.2. The summed E-state index contributed by atoms with van der Waals surface area (Å²) < 4.78 is 5.35. The third-order valence-electron chi connectivity index (χ3n) is 3.47. The zero-order chi connectivity index (χ0) is 13.7. The first-order valence-electron chi connectivity index (χ1n) is 6.69. The van der Waals surface area contributed by atoms with Crippen molar-refractivity contribution in [2.24, 2.45) is 0 Å². The van der Waals surface area contributed by atoms with Gasteiger partial charge in [-0.1, -0.05) is 29.8 Å². The Bertz CT molecular complexity index is 419. The van der Waals surface area contributed by atoms with Gasteiger partial charge in [0, 0.05) is 18.8 Å². The molecule has 1 saturated heterocycles. The van der Waals surface area contributed by atoms with Crippen LogP contribution < -0.4 is 0 Å². The highest BCUT2D eigenvalue weighted by molar-refractivity contribution is 6.18. The molecule has 4 heteroatoms. The van der Waals surface area contributed by atoms with Crippen molar-refractivity contribution in [3.8, 4) is 0 Å². The lowest BCUT2D eigenvalue weighted by atomic mass is 10.1. The molecule has 1 aromatic rings. The Morgan fingerprint density at radius 2 is 2.16 bits per heavy atom. The predicted molar refractivity (Wildman–Crippen MR) is 76.5 cm³/mol. The number of aryl methyl sites for hydroxylation is 2. The summed E-state index contributed by atoms with van der Waals surface area (Å²) in [4.78, 5) is 14.1. The number of carbonyl (C=O) groups is 1. The van der Waals surface area contributed by atoms with Gasteiger partial charge in [0.15, 0.2) is 0 Å². The fraction of sp³-hybridized carbons (Fsp3) is 0.533. The van der Waals surface area contributed by atoms with Crippen LogP contribution in [0.25, 0.3) is 0 Å². The molecule has 0 saturated carbocycles. The molecule has 0 bridgehead atoms. The average molecular weight is 282 g/mol. The highest BCUT2D eigenvalue weighted by Gasteiger charge is 2.25. The number of hydrogen-bond donors (Lipinski definition) is 0. The van der Waals surface area contributed by atoms with Gasteiger partial charge in [-0.25, -0.2) is 0 Å². The van der Waals surface area contributed by atoms with Crippen LogP contribution in [-0.2, 0) is 16.0 Å². The molecule has 104 valence electrons. The Balaban J connectivity index is 1.87. The fourth-order valence-corrected chi connectivity index (χ4v) is 2.52. The number of nitrogens with zero attached hydrogens (tertiary/aromatic N) is 1. The molecule has 0 aliphatic carbocycles. The Hall–Kier alpha value is -1.06. The number of amides is 1. The molecule has 0 spiro atoms. The van der Waals surface area contributed by atoms with Crippen molar-refractivity contribution in [3.63, 3.8) is 0 Å². The van der Waals surface area contributed by atoms with E-state index in [-0.39, 0.29) is 11.9 Å². The van der Waals surface area contributed by atoms with Crippen molar-refractivity contribution >= 4 is 17.5 Å². The minimum Gasteiger partial charge on any atom is -0.377 e. The second kappa shape index (κ2) is 6.92. The van der Waals surface area contributed by atoms with E-state index in [4.69, 9.17) is 16.3 Å². The average Bonchev–Trinajstić information content (AvgIpc) is 2.46. The first kappa shape index (κ1) is 14.4. The summed E-state index contributed by atoms with van der Waals surface area (Å²) in [6.45, 7) is 3.89. The van der Waals surface area contributed by atoms with E-state index in [9.17, 15) is 4.79 Å². The van der Waals surface area contributed by atoms with Crippen LogP contribution in [0.2, 0.25) is 0 Å². The molecule has 0 aromatic heterocycles. The van der Waals surface area contributed by atoms with E-state index in [1.165, 1.54) is 11.1 Å². The van der Waals surface area contributed by atoms with Gasteiger partial charge in [-0.3, -0.25) is 4.79 Å². The quantitative estimate of drug-likeness (QED) is 0.793. The molecular weight excluding hydrogens is 262 g/mol. The van der Waals surface area contributed by atoms with E-state index in [1.807, 2.05) is 4.90 Å². The van der Waals surface area contributed by atoms with E-state index < -0.39 is 0 Å². The summed E-state index contributed by atoms with van der Waals surface area (Å²) in [5, 5.41) is 0. The lowest BCUT2D eigenvalue weighted by Gasteiger charge is -2.34. The molecule has 2 rings (SSSR count). The molecule has 1 aromatic carbocycles. The molecule has 0 N–H and O–H groups in total. The van der Waals surface area contributed by atoms with Gasteiger partial charge in [0.25, 0.3) is 0 Å². The van der Waals surface area contributed by atoms with E-state index in [2.05, 4.69) is 31.2 Å². The van der Waals surface area contributed by atoms with Crippen LogP contribution in [0, 0.1) is 6.92 Å². The fourth-order valence-electron chi connectivity index (χ4n) is 2.26. The molecule has 1 heterocycles. The van der Waals surface area contributed by atoms with Crippen molar-refractivity contribution < 1.29 is 9.53 Å². The van der Waals surface area contributed by atoms with Gasteiger partial charge in [-0.05, 0) is 18.9 Å². The molecule has 1 atom stereocenters. The van der Waals surface area contributed by atoms with Crippen LogP contribution in [0.5, 0.6) is 0 Å². The van der Waals surface area contributed by atoms with E-state index in [0.29, 0.717) is 32.1 Å². The second-order valence-electron chi connectivity index (χ2n) is 4.96. The van der Waals surface area contributed by atoms with Gasteiger partial charge in [0.2, 0.25) is 5.91 Å². The van der Waals surface area contributed by atoms with Crippen molar-refractivity contribution in [1.29, 1.82) is 0 Å². The van der Waals surface area contributed by atoms with Crippen LogP contribution >= 0.6 is 11.6 Å². The Kier molecular flexibility index (Phi) is 5.23. The molecule has 0 radical (unpaired) electrons. The molecule has 1 unspecified atom stereocenters. The lowest BCUT2D eigenvalue weighted by molar-refractivity contribution is -0.138. The third-order valence-corrected chi connectivity index (χ3v) is 3.83. The number of hydrogen-bond acceptors (Lipinski definition) is 2. The predicted octanol–water partition coefficient (Wildman–Crippen LogP) is 2.39. The summed E-state index contributed by atoms with van der Waals surface area (Å²) in [6, 6.07) is 8.36. The van der Waals surface area contributed by atoms with Gasteiger partial charge in [0.1, 0.15) is 0 Å². The number of rotatable bonds is 4. The Labute approximate surface area is 119 Å². The third kappa shape index (κ3) is 3.95. The first-order chi connectivity index (χ1) is 9.20. The van der Waals surface area contributed by atoms with Crippen LogP contribution in [0.4, 0.5) is 0 Å². The van der Waals surface area contributed by atoms with Crippen molar-refractivity contribution in [2.75, 3.05) is 25.6 Å². The number of halogens is 1. The molecular formula is C15H20ClNO2. The number of ether oxygens (including phenoxy) is 1. The van der Waals surface area contributed by atoms with Gasteiger partial charge in [-0.2, -0.15) is 0 Å². The molecule has 3 nitrogen and oxygen atoms in total. The maximum Gasteiger partial charge on any atom is 0.223 e. The Morgan fingerprint density at radius 3 is 2.84 bits per heavy atom. The summed E-state index contributed by atoms with van der Waals surface area (Å²) in [5.74, 6) is 0.616. The van der Waals surface area contributed by atoms with E-state index >= 15 is 0 Å². The standard InChI is InChI=1S/C15H20ClNO2/c1-12-2-4-13(5-3-12)6-7-15(18)17-8-9-19-11-14(17)10-16/h2-5,14H,6-11H2,1H3. The molecule has 1 aliphatic heterocycles. The van der Waals surface area contributed by atoms with E-state index in [1.54, 1.807) is 0 Å². The van der Waals surface area contributed by atoms with Crippen LogP contribution in [0.3, 0.4) is 0 Å². The zero-order valence-electron chi connectivity index (χ0n) is 11.3. The monoisotopic (exact) mass is 281 g/mol. The largest absolute Gasteiger partial charge is 0.377 e. The van der Waals surface area contributed by atoms with Gasteiger partial charge < -0.3 is 9.64 Å². The van der Waals surface area contributed by atoms with Crippen molar-refractivity contribution in [1.82, 2.24) is 4.90 Å². The van der Waals surface area contributed by atoms with Crippen LogP contribution in [0.1, 0.15) is 17.5 Å². The summed E-state index contributed by atoms with van der Waals surface area (Å²) in [7, 11) is 0.